The van der Waals surface area contributed by atoms with Gasteiger partial charge in [0.1, 0.15) is 0 Å². The molecule has 0 bridgehead atoms. The van der Waals surface area contributed by atoms with Gasteiger partial charge in [0.2, 0.25) is 0 Å². The Morgan fingerprint density at radius 1 is 1.12 bits per heavy atom. The Kier molecular flexibility index (Phi) is 3.87. The summed E-state index contributed by atoms with van der Waals surface area (Å²) in [7, 11) is 1.46. The van der Waals surface area contributed by atoms with E-state index >= 15 is 0 Å². The monoisotopic (exact) mass is 234 g/mol. The minimum atomic E-state index is 0.889. The van der Waals surface area contributed by atoms with Crippen LogP contribution in [0.5, 0.6) is 0 Å². The molecular weight excluding hydrogens is 224 g/mol. The molecule has 0 unspecified atom stereocenters. The molecule has 0 saturated carbocycles. The van der Waals surface area contributed by atoms with E-state index in [1.165, 1.54) is 7.11 Å². The summed E-state index contributed by atoms with van der Waals surface area (Å²) >= 11 is 1.13. The van der Waals surface area contributed by atoms with Gasteiger partial charge in [0.25, 0.3) is 0 Å². The Labute approximate surface area is 97.8 Å². The molecule has 0 fully saturated rings. The van der Waals surface area contributed by atoms with Crippen LogP contribution in [-0.2, 0) is 9.22 Å². The highest BCUT2D eigenvalue weighted by atomic mass is 32.2. The van der Waals surface area contributed by atoms with Gasteiger partial charge in [0, 0.05) is 24.2 Å². The molecule has 0 amide bonds. The first-order valence-corrected chi connectivity index (χ1v) is 5.38. The zero-order valence-corrected chi connectivity index (χ0v) is 9.48. The van der Waals surface area contributed by atoms with Gasteiger partial charge < -0.3 is 0 Å². The lowest BCUT2D eigenvalue weighted by atomic mass is 10.2. The molecule has 82 valence electrons. The van der Waals surface area contributed by atoms with Crippen LogP contribution in [0.3, 0.4) is 0 Å². The van der Waals surface area contributed by atoms with Gasteiger partial charge in [0.15, 0.2) is 0 Å². The average molecular weight is 234 g/mol. The molecule has 5 heteroatoms. The minimum Gasteiger partial charge on any atom is -0.265 e. The van der Waals surface area contributed by atoms with E-state index in [1.807, 2.05) is 24.3 Å². The number of pyridine rings is 2. The molecule has 0 aromatic carbocycles. The number of aromatic nitrogens is 2. The summed E-state index contributed by atoms with van der Waals surface area (Å²) in [6.07, 6.45) is 5.22. The molecule has 2 aromatic rings. The topological polar surface area (TPSA) is 44.2 Å². The third-order valence-corrected chi connectivity index (χ3v) is 2.55. The van der Waals surface area contributed by atoms with Crippen LogP contribution < -0.4 is 0 Å². The Bertz CT molecular complexity index is 433. The SMILES string of the molecule is COOSc1ccc(-c2ccncc2)nc1. The summed E-state index contributed by atoms with van der Waals surface area (Å²) < 4.78 is 4.73. The summed E-state index contributed by atoms with van der Waals surface area (Å²) in [6, 6.07) is 7.69. The van der Waals surface area contributed by atoms with E-state index in [-0.39, 0.29) is 0 Å². The maximum absolute atomic E-state index is 4.73. The second-order valence-corrected chi connectivity index (χ2v) is 3.71. The van der Waals surface area contributed by atoms with E-state index in [0.29, 0.717) is 0 Å². The normalized spacial score (nSPS) is 10.3. The summed E-state index contributed by atoms with van der Waals surface area (Å²) in [6.45, 7) is 0. The minimum absolute atomic E-state index is 0.889. The maximum Gasteiger partial charge on any atom is 0.0725 e. The fourth-order valence-electron chi connectivity index (χ4n) is 1.20. The number of nitrogens with zero attached hydrogens (tertiary/aromatic N) is 2. The van der Waals surface area contributed by atoms with Crippen molar-refractivity contribution in [3.63, 3.8) is 0 Å². The Morgan fingerprint density at radius 2 is 1.94 bits per heavy atom. The lowest BCUT2D eigenvalue weighted by molar-refractivity contribution is -0.160. The van der Waals surface area contributed by atoms with Crippen molar-refractivity contribution < 1.29 is 9.22 Å². The molecule has 0 atom stereocenters. The van der Waals surface area contributed by atoms with Gasteiger partial charge in [-0.25, -0.2) is 4.89 Å². The standard InChI is InChI=1S/C11H10N2O2S/c1-14-15-16-10-2-3-11(13-8-10)9-4-6-12-7-5-9/h2-8H,1H3. The van der Waals surface area contributed by atoms with Crippen LogP contribution >= 0.6 is 12.0 Å². The molecule has 0 saturated heterocycles. The second kappa shape index (κ2) is 5.60. The van der Waals surface area contributed by atoms with Crippen molar-refractivity contribution in [1.82, 2.24) is 9.97 Å². The van der Waals surface area contributed by atoms with Gasteiger partial charge in [-0.05, 0) is 24.3 Å². The van der Waals surface area contributed by atoms with E-state index < -0.39 is 0 Å². The van der Waals surface area contributed by atoms with Crippen molar-refractivity contribution >= 4 is 12.0 Å². The quantitative estimate of drug-likeness (QED) is 0.462. The van der Waals surface area contributed by atoms with Crippen LogP contribution in [0, 0.1) is 0 Å². The van der Waals surface area contributed by atoms with Gasteiger partial charge in [-0.2, -0.15) is 4.33 Å². The van der Waals surface area contributed by atoms with Crippen LogP contribution in [0.2, 0.25) is 0 Å². The van der Waals surface area contributed by atoms with E-state index in [4.69, 9.17) is 4.33 Å². The smallest absolute Gasteiger partial charge is 0.0725 e. The molecule has 0 aliphatic heterocycles. The fourth-order valence-corrected chi connectivity index (χ4v) is 1.56. The van der Waals surface area contributed by atoms with Gasteiger partial charge in [-0.3, -0.25) is 9.97 Å². The van der Waals surface area contributed by atoms with Crippen molar-refractivity contribution in [3.05, 3.63) is 42.9 Å². The Morgan fingerprint density at radius 3 is 2.56 bits per heavy atom. The summed E-state index contributed by atoms with van der Waals surface area (Å²) in [4.78, 5) is 13.7. The first-order chi connectivity index (χ1) is 7.90. The predicted molar refractivity (Wildman–Crippen MR) is 61.4 cm³/mol. The number of hydrogen-bond donors (Lipinski definition) is 0. The Balaban J connectivity index is 2.13. The van der Waals surface area contributed by atoms with E-state index in [9.17, 15) is 0 Å². The maximum atomic E-state index is 4.73. The molecule has 2 heterocycles. The summed E-state index contributed by atoms with van der Waals surface area (Å²) in [5, 5.41) is 0. The highest BCUT2D eigenvalue weighted by Crippen LogP contribution is 2.21. The molecule has 16 heavy (non-hydrogen) atoms. The van der Waals surface area contributed by atoms with Crippen LogP contribution in [0.4, 0.5) is 0 Å². The molecular formula is C11H10N2O2S. The third-order valence-electron chi connectivity index (χ3n) is 1.91. The average Bonchev–Trinajstić information content (AvgIpc) is 2.38. The van der Waals surface area contributed by atoms with Crippen molar-refractivity contribution in [2.24, 2.45) is 0 Å². The third kappa shape index (κ3) is 2.79. The first kappa shape index (κ1) is 11.1. The zero-order chi connectivity index (χ0) is 11.2. The first-order valence-electron chi connectivity index (χ1n) is 4.64. The van der Waals surface area contributed by atoms with Crippen molar-refractivity contribution in [1.29, 1.82) is 0 Å². The molecule has 2 rings (SSSR count). The molecule has 4 nitrogen and oxygen atoms in total. The van der Waals surface area contributed by atoms with Crippen LogP contribution in [0.1, 0.15) is 0 Å². The van der Waals surface area contributed by atoms with Crippen LogP contribution in [-0.4, -0.2) is 17.1 Å². The largest absolute Gasteiger partial charge is 0.265 e. The lowest BCUT2D eigenvalue weighted by Crippen LogP contribution is -1.84. The number of hydrogen-bond acceptors (Lipinski definition) is 5. The van der Waals surface area contributed by atoms with E-state index in [0.717, 1.165) is 28.2 Å². The van der Waals surface area contributed by atoms with Crippen molar-refractivity contribution in [2.45, 2.75) is 4.90 Å². The molecule has 0 spiro atoms. The molecule has 0 aliphatic carbocycles. The van der Waals surface area contributed by atoms with Gasteiger partial charge in [-0.15, -0.1) is 0 Å². The molecule has 2 aromatic heterocycles. The molecule has 0 N–H and O–H groups in total. The number of rotatable bonds is 4. The van der Waals surface area contributed by atoms with Crippen molar-refractivity contribution in [2.75, 3.05) is 7.11 Å². The van der Waals surface area contributed by atoms with Crippen molar-refractivity contribution in [3.8, 4) is 11.3 Å². The van der Waals surface area contributed by atoms with Gasteiger partial charge >= 0.3 is 0 Å². The van der Waals surface area contributed by atoms with Crippen LogP contribution in [0.15, 0.2) is 47.8 Å². The fraction of sp³-hybridized carbons (Fsp3) is 0.0909. The summed E-state index contributed by atoms with van der Waals surface area (Å²) in [5.74, 6) is 0. The second-order valence-electron chi connectivity index (χ2n) is 2.93. The highest BCUT2D eigenvalue weighted by Gasteiger charge is 2.00. The highest BCUT2D eigenvalue weighted by molar-refractivity contribution is 7.94. The lowest BCUT2D eigenvalue weighted by Gasteiger charge is -2.01. The molecule has 0 radical (unpaired) electrons. The zero-order valence-electron chi connectivity index (χ0n) is 8.66. The van der Waals surface area contributed by atoms with Crippen LogP contribution in [0.25, 0.3) is 11.3 Å². The summed E-state index contributed by atoms with van der Waals surface area (Å²) in [5.41, 5.74) is 1.95. The van der Waals surface area contributed by atoms with E-state index in [2.05, 4.69) is 14.9 Å². The Hall–Kier alpha value is -1.43. The van der Waals surface area contributed by atoms with Gasteiger partial charge in [-0.1, -0.05) is 0 Å². The van der Waals surface area contributed by atoms with E-state index in [1.54, 1.807) is 18.6 Å². The molecule has 0 aliphatic rings. The predicted octanol–water partition coefficient (Wildman–Crippen LogP) is 2.73. The van der Waals surface area contributed by atoms with Gasteiger partial charge in [0.05, 0.1) is 29.7 Å².